The molecule has 3 heterocycles. The minimum absolute atomic E-state index is 0.0289. The average Bonchev–Trinajstić information content (AvgIpc) is 3.94. The van der Waals surface area contributed by atoms with E-state index in [1.165, 1.54) is 0 Å². The molecule has 0 aliphatic carbocycles. The van der Waals surface area contributed by atoms with Crippen LogP contribution < -0.4 is 5.32 Å². The number of nitrogens with one attached hydrogen (secondary N) is 3. The molecule has 52 heavy (non-hydrogen) atoms. The molecule has 0 saturated carbocycles. The number of aromatic nitrogens is 4. The number of carbonyl (C=O) groups excluding carboxylic acids is 2. The van der Waals surface area contributed by atoms with Crippen LogP contribution in [-0.2, 0) is 16.1 Å². The third kappa shape index (κ3) is 7.05. The highest BCUT2D eigenvalue weighted by Gasteiger charge is 2.32. The Hall–Kier alpha value is -5.06. The Bertz CT molecular complexity index is 2170. The quantitative estimate of drug-likeness (QED) is 0.110. The van der Waals surface area contributed by atoms with Gasteiger partial charge >= 0.3 is 0 Å². The fraction of sp³-hybridized carbons (Fsp3) is 0.381. The summed E-state index contributed by atoms with van der Waals surface area (Å²) < 4.78 is 0. The molecular weight excluding hydrogens is 649 g/mol. The Morgan fingerprint density at radius 1 is 0.904 bits per heavy atom. The van der Waals surface area contributed by atoms with Gasteiger partial charge in [-0.05, 0) is 85.2 Å². The summed E-state index contributed by atoms with van der Waals surface area (Å²) in [6.07, 6.45) is 2.75. The van der Waals surface area contributed by atoms with Crippen LogP contribution in [0, 0.1) is 0 Å². The molecule has 0 radical (unpaired) electrons. The summed E-state index contributed by atoms with van der Waals surface area (Å²) in [5.41, 5.74) is 6.93. The van der Waals surface area contributed by atoms with Crippen LogP contribution in [-0.4, -0.2) is 85.7 Å². The second-order valence-corrected chi connectivity index (χ2v) is 13.8. The van der Waals surface area contributed by atoms with Gasteiger partial charge in [-0.1, -0.05) is 82.3 Å². The summed E-state index contributed by atoms with van der Waals surface area (Å²) in [7, 11) is 0. The lowest BCUT2D eigenvalue weighted by atomic mass is 10.0. The Morgan fingerprint density at radius 2 is 1.69 bits per heavy atom. The Kier molecular flexibility index (Phi) is 10.7. The lowest BCUT2D eigenvalue weighted by molar-refractivity contribution is -0.138. The van der Waals surface area contributed by atoms with Crippen molar-refractivity contribution in [2.75, 3.05) is 39.3 Å². The molecule has 0 bridgehead atoms. The summed E-state index contributed by atoms with van der Waals surface area (Å²) in [6.45, 7) is 12.9. The number of likely N-dealkylation sites (tertiary alicyclic amines) is 1. The van der Waals surface area contributed by atoms with Gasteiger partial charge in [-0.2, -0.15) is 0 Å². The van der Waals surface area contributed by atoms with Crippen LogP contribution in [0.4, 0.5) is 0 Å². The van der Waals surface area contributed by atoms with Gasteiger partial charge in [0.05, 0.1) is 41.2 Å². The molecular formula is C42H50N8O2. The molecule has 2 amide bonds. The van der Waals surface area contributed by atoms with Gasteiger partial charge in [-0.15, -0.1) is 0 Å². The second-order valence-electron chi connectivity index (χ2n) is 13.8. The molecule has 1 saturated heterocycles. The van der Waals surface area contributed by atoms with Crippen molar-refractivity contribution >= 4 is 44.7 Å². The van der Waals surface area contributed by atoms with E-state index < -0.39 is 0 Å². The van der Waals surface area contributed by atoms with Gasteiger partial charge < -0.3 is 25.1 Å². The molecule has 1 fully saturated rings. The van der Waals surface area contributed by atoms with Crippen LogP contribution in [0.15, 0.2) is 78.9 Å². The predicted molar refractivity (Wildman–Crippen MR) is 209 cm³/mol. The van der Waals surface area contributed by atoms with E-state index in [0.29, 0.717) is 19.6 Å². The fourth-order valence-electron chi connectivity index (χ4n) is 7.78. The summed E-state index contributed by atoms with van der Waals surface area (Å²) in [4.78, 5) is 50.3. The summed E-state index contributed by atoms with van der Waals surface area (Å²) >= 11 is 0. The molecule has 270 valence electrons. The molecule has 3 N–H and O–H groups in total. The first-order valence-corrected chi connectivity index (χ1v) is 18.9. The number of rotatable bonds is 14. The molecule has 4 aromatic carbocycles. The zero-order valence-electron chi connectivity index (χ0n) is 30.8. The lowest BCUT2D eigenvalue weighted by Gasteiger charge is -2.33. The number of hydrogen-bond acceptors (Lipinski definition) is 6. The van der Waals surface area contributed by atoms with Crippen LogP contribution in [0.2, 0.25) is 0 Å². The maximum Gasteiger partial charge on any atom is 0.244 e. The molecule has 2 aromatic heterocycles. The van der Waals surface area contributed by atoms with E-state index in [-0.39, 0.29) is 23.9 Å². The first kappa shape index (κ1) is 35.3. The number of likely N-dealkylation sites (N-methyl/N-ethyl adjacent to an activating group) is 2. The SMILES string of the molecule is CCCN(Cc1nc2ccc(-c3ccc4c(ccc5[nH]c([C@@H]6CCCN6C(=O)CNCC)nc54)c3)cc2[nH]1)C(=O)[C@@H](c1ccccc1)N(CC)CC. The van der Waals surface area contributed by atoms with E-state index in [0.717, 1.165) is 107 Å². The highest BCUT2D eigenvalue weighted by atomic mass is 16.2. The van der Waals surface area contributed by atoms with Gasteiger partial charge in [0, 0.05) is 18.5 Å². The number of amides is 2. The predicted octanol–water partition coefficient (Wildman–Crippen LogP) is 7.35. The second kappa shape index (κ2) is 15.7. The van der Waals surface area contributed by atoms with Crippen LogP contribution in [0.25, 0.3) is 44.0 Å². The number of aromatic amines is 2. The van der Waals surface area contributed by atoms with Crippen molar-refractivity contribution in [2.45, 2.75) is 65.6 Å². The van der Waals surface area contributed by atoms with Gasteiger partial charge in [-0.25, -0.2) is 9.97 Å². The van der Waals surface area contributed by atoms with E-state index in [1.807, 2.05) is 34.9 Å². The van der Waals surface area contributed by atoms with Crippen molar-refractivity contribution in [3.63, 3.8) is 0 Å². The standard InChI is InChI=1S/C42H50N8O2/c1-5-22-49(42(52)40(48(7-3)8-4)28-13-10-9-11-14-28)27-37-44-33-20-17-30(25-35(33)45-37)29-16-19-32-31(24-29)18-21-34-39(32)47-41(46-34)36-15-12-23-50(36)38(51)26-43-6-2/h9-11,13-14,16-21,24-25,36,40,43H,5-8,12,15,22-23,26-27H2,1-4H3,(H,44,45)(H,46,47)/t36-,40+/m0/s1. The number of imidazole rings is 2. The number of carbonyl (C=O) groups is 2. The van der Waals surface area contributed by atoms with Gasteiger partial charge in [0.25, 0.3) is 0 Å². The molecule has 1 aliphatic heterocycles. The van der Waals surface area contributed by atoms with Crippen molar-refractivity contribution in [1.29, 1.82) is 0 Å². The van der Waals surface area contributed by atoms with E-state index in [2.05, 4.69) is 102 Å². The molecule has 10 nitrogen and oxygen atoms in total. The highest BCUT2D eigenvalue weighted by Crippen LogP contribution is 2.35. The van der Waals surface area contributed by atoms with E-state index in [1.54, 1.807) is 0 Å². The third-order valence-electron chi connectivity index (χ3n) is 10.4. The topological polar surface area (TPSA) is 113 Å². The normalized spacial score (nSPS) is 15.3. The Labute approximate surface area is 305 Å². The first-order valence-electron chi connectivity index (χ1n) is 18.9. The summed E-state index contributed by atoms with van der Waals surface area (Å²) in [6, 6.07) is 26.8. The number of H-pyrrole nitrogens is 2. The molecule has 0 unspecified atom stereocenters. The van der Waals surface area contributed by atoms with Crippen LogP contribution in [0.1, 0.15) is 76.3 Å². The van der Waals surface area contributed by atoms with Crippen molar-refractivity contribution in [2.24, 2.45) is 0 Å². The van der Waals surface area contributed by atoms with Gasteiger partial charge in [-0.3, -0.25) is 14.5 Å². The van der Waals surface area contributed by atoms with Crippen LogP contribution >= 0.6 is 0 Å². The average molecular weight is 699 g/mol. The van der Waals surface area contributed by atoms with Crippen molar-refractivity contribution in [1.82, 2.24) is 40.0 Å². The summed E-state index contributed by atoms with van der Waals surface area (Å²) in [5.74, 6) is 1.86. The molecule has 0 spiro atoms. The van der Waals surface area contributed by atoms with Crippen LogP contribution in [0.5, 0.6) is 0 Å². The van der Waals surface area contributed by atoms with Crippen molar-refractivity contribution in [3.05, 3.63) is 96.1 Å². The number of benzene rings is 4. The maximum atomic E-state index is 14.2. The summed E-state index contributed by atoms with van der Waals surface area (Å²) in [5, 5.41) is 5.35. The van der Waals surface area contributed by atoms with Gasteiger partial charge in [0.15, 0.2) is 0 Å². The van der Waals surface area contributed by atoms with Gasteiger partial charge in [0.1, 0.15) is 17.7 Å². The van der Waals surface area contributed by atoms with Crippen LogP contribution in [0.3, 0.4) is 0 Å². The zero-order valence-corrected chi connectivity index (χ0v) is 30.8. The number of fused-ring (bicyclic) bond motifs is 4. The first-order chi connectivity index (χ1) is 25.4. The lowest BCUT2D eigenvalue weighted by Crippen LogP contribution is -2.43. The van der Waals surface area contributed by atoms with Crippen molar-refractivity contribution < 1.29 is 9.59 Å². The number of hydrogen-bond donors (Lipinski definition) is 3. The minimum atomic E-state index is -0.337. The number of nitrogens with zero attached hydrogens (tertiary/aromatic N) is 5. The van der Waals surface area contributed by atoms with E-state index in [9.17, 15) is 9.59 Å². The largest absolute Gasteiger partial charge is 0.340 e. The molecule has 7 rings (SSSR count). The monoisotopic (exact) mass is 698 g/mol. The van der Waals surface area contributed by atoms with E-state index >= 15 is 0 Å². The molecule has 1 aliphatic rings. The van der Waals surface area contributed by atoms with Gasteiger partial charge in [0.2, 0.25) is 11.8 Å². The third-order valence-corrected chi connectivity index (χ3v) is 10.4. The highest BCUT2D eigenvalue weighted by molar-refractivity contribution is 6.05. The molecule has 10 heteroatoms. The Morgan fingerprint density at radius 3 is 2.46 bits per heavy atom. The zero-order chi connectivity index (χ0) is 36.2. The smallest absolute Gasteiger partial charge is 0.244 e. The molecule has 2 atom stereocenters. The molecule has 6 aromatic rings. The maximum absolute atomic E-state index is 14.2. The fourth-order valence-corrected chi connectivity index (χ4v) is 7.78. The van der Waals surface area contributed by atoms with Crippen molar-refractivity contribution in [3.8, 4) is 11.1 Å². The minimum Gasteiger partial charge on any atom is -0.340 e. The Balaban J connectivity index is 1.13. The van der Waals surface area contributed by atoms with E-state index in [4.69, 9.17) is 9.97 Å².